The van der Waals surface area contributed by atoms with Gasteiger partial charge >= 0.3 is 24.0 Å². The van der Waals surface area contributed by atoms with Crippen LogP contribution in [0.25, 0.3) is 0 Å². The molecule has 0 amide bonds. The molecule has 2 N–H and O–H groups in total. The highest BCUT2D eigenvalue weighted by molar-refractivity contribution is 5.86. The minimum Gasteiger partial charge on any atom is -0.481 e. The lowest BCUT2D eigenvalue weighted by Crippen LogP contribution is -2.62. The molecular weight excluding hydrogens is 259 g/mol. The maximum absolute atomic E-state index is 12.8. The van der Waals surface area contributed by atoms with Crippen LogP contribution in [0.1, 0.15) is 6.42 Å². The molecule has 0 aromatic heterocycles. The number of carbonyl (C=O) groups excluding carboxylic acids is 1. The molecule has 0 aromatic carbocycles. The zero-order valence-corrected chi connectivity index (χ0v) is 8.22. The third-order valence-electron chi connectivity index (χ3n) is 1.81. The van der Waals surface area contributed by atoms with Crippen LogP contribution in [0.4, 0.5) is 22.0 Å². The first-order valence-electron chi connectivity index (χ1n) is 3.87. The van der Waals surface area contributed by atoms with E-state index < -0.39 is 36.1 Å². The van der Waals surface area contributed by atoms with Crippen molar-refractivity contribution in [3.8, 4) is 0 Å². The number of halogens is 5. The Kier molecular flexibility index (Phi) is 4.05. The van der Waals surface area contributed by atoms with Gasteiger partial charge in [0.25, 0.3) is 0 Å². The van der Waals surface area contributed by atoms with Gasteiger partial charge in [-0.25, -0.2) is 4.79 Å². The molecule has 0 aromatic rings. The zero-order chi connectivity index (χ0) is 14.1. The molecule has 0 aliphatic rings. The lowest BCUT2D eigenvalue weighted by molar-refractivity contribution is -0.337. The van der Waals surface area contributed by atoms with E-state index in [9.17, 15) is 31.5 Å². The molecule has 0 aliphatic carbocycles. The van der Waals surface area contributed by atoms with Crippen molar-refractivity contribution in [1.29, 1.82) is 0 Å². The fourth-order valence-electron chi connectivity index (χ4n) is 0.934. The van der Waals surface area contributed by atoms with Gasteiger partial charge in [-0.1, -0.05) is 0 Å². The molecule has 0 rings (SSSR count). The number of aliphatic hydroxyl groups is 1. The first-order chi connectivity index (χ1) is 7.40. The summed E-state index contributed by atoms with van der Waals surface area (Å²) in [7, 11) is 0.432. The molecule has 10 heteroatoms. The minimum absolute atomic E-state index is 0.432. The number of carboxylic acid groups (broad SMARTS) is 1. The van der Waals surface area contributed by atoms with Gasteiger partial charge in [0.1, 0.15) is 0 Å². The van der Waals surface area contributed by atoms with Gasteiger partial charge in [0.15, 0.2) is 0 Å². The second-order valence-electron chi connectivity index (χ2n) is 2.99. The molecule has 17 heavy (non-hydrogen) atoms. The van der Waals surface area contributed by atoms with Crippen molar-refractivity contribution in [1.82, 2.24) is 0 Å². The molecule has 0 radical (unpaired) electrons. The van der Waals surface area contributed by atoms with E-state index in [1.54, 1.807) is 0 Å². The molecular formula is C7H7F5O5. The average Bonchev–Trinajstić information content (AvgIpc) is 2.13. The monoisotopic (exact) mass is 266 g/mol. The number of carbonyl (C=O) groups is 2. The van der Waals surface area contributed by atoms with Crippen LogP contribution < -0.4 is 0 Å². The molecule has 0 fully saturated rings. The molecule has 0 aliphatic heterocycles. The Labute approximate surface area is 90.8 Å². The van der Waals surface area contributed by atoms with E-state index in [0.717, 1.165) is 0 Å². The Morgan fingerprint density at radius 2 is 1.59 bits per heavy atom. The van der Waals surface area contributed by atoms with Gasteiger partial charge in [-0.05, 0) is 0 Å². The van der Waals surface area contributed by atoms with Crippen molar-refractivity contribution >= 4 is 11.9 Å². The van der Waals surface area contributed by atoms with Crippen molar-refractivity contribution in [3.05, 3.63) is 0 Å². The summed E-state index contributed by atoms with van der Waals surface area (Å²) in [6, 6.07) is 0. The highest BCUT2D eigenvalue weighted by Crippen LogP contribution is 2.45. The number of hydrogen-bond acceptors (Lipinski definition) is 4. The van der Waals surface area contributed by atoms with E-state index in [0.29, 0.717) is 7.11 Å². The predicted molar refractivity (Wildman–Crippen MR) is 40.2 cm³/mol. The van der Waals surface area contributed by atoms with Crippen LogP contribution in [0.15, 0.2) is 0 Å². The van der Waals surface area contributed by atoms with Crippen LogP contribution >= 0.6 is 0 Å². The molecule has 1 unspecified atom stereocenters. The van der Waals surface area contributed by atoms with E-state index in [4.69, 9.17) is 10.2 Å². The largest absolute Gasteiger partial charge is 0.481 e. The lowest BCUT2D eigenvalue weighted by atomic mass is 9.91. The number of hydrogen-bond donors (Lipinski definition) is 2. The van der Waals surface area contributed by atoms with Gasteiger partial charge in [-0.3, -0.25) is 4.79 Å². The normalized spacial score (nSPS) is 16.2. The molecule has 0 heterocycles. The van der Waals surface area contributed by atoms with E-state index in [1.165, 1.54) is 0 Å². The summed E-state index contributed by atoms with van der Waals surface area (Å²) < 4.78 is 65.1. The Morgan fingerprint density at radius 1 is 1.18 bits per heavy atom. The molecule has 5 nitrogen and oxygen atoms in total. The smallest absolute Gasteiger partial charge is 0.457 e. The quantitative estimate of drug-likeness (QED) is 0.574. The number of esters is 1. The van der Waals surface area contributed by atoms with Gasteiger partial charge in [-0.2, -0.15) is 22.0 Å². The molecule has 0 saturated heterocycles. The Morgan fingerprint density at radius 3 is 1.82 bits per heavy atom. The summed E-state index contributed by atoms with van der Waals surface area (Å²) >= 11 is 0. The summed E-state index contributed by atoms with van der Waals surface area (Å²) in [6.45, 7) is 0. The highest BCUT2D eigenvalue weighted by atomic mass is 19.4. The minimum atomic E-state index is -6.30. The molecule has 100 valence electrons. The topological polar surface area (TPSA) is 83.8 Å². The standard InChI is InChI=1S/C7H7F5O5/c1-17-4(15)5(16,2-3(13)14)6(8,9)7(10,11)12/h16H,2H2,1H3,(H,13,14). The Hall–Kier alpha value is -1.45. The lowest BCUT2D eigenvalue weighted by Gasteiger charge is -2.32. The summed E-state index contributed by atoms with van der Waals surface area (Å²) in [4.78, 5) is 20.9. The van der Waals surface area contributed by atoms with Crippen LogP contribution in [0, 0.1) is 0 Å². The van der Waals surface area contributed by atoms with E-state index in [1.807, 2.05) is 0 Å². The Bertz CT molecular complexity index is 325. The van der Waals surface area contributed by atoms with Gasteiger partial charge in [0, 0.05) is 0 Å². The maximum atomic E-state index is 12.8. The fraction of sp³-hybridized carbons (Fsp3) is 0.714. The summed E-state index contributed by atoms with van der Waals surface area (Å²) in [6.07, 6.45) is -8.45. The number of rotatable bonds is 4. The van der Waals surface area contributed by atoms with Crippen molar-refractivity contribution in [2.45, 2.75) is 24.1 Å². The number of carboxylic acids is 1. The van der Waals surface area contributed by atoms with Gasteiger partial charge in [0.2, 0.25) is 5.60 Å². The first-order valence-corrected chi connectivity index (χ1v) is 3.87. The van der Waals surface area contributed by atoms with Crippen molar-refractivity contribution in [2.24, 2.45) is 0 Å². The van der Waals surface area contributed by atoms with Crippen LogP contribution in [-0.4, -0.2) is 47.0 Å². The zero-order valence-electron chi connectivity index (χ0n) is 8.22. The van der Waals surface area contributed by atoms with Crippen LogP contribution in [0.5, 0.6) is 0 Å². The average molecular weight is 266 g/mol. The third kappa shape index (κ3) is 2.62. The predicted octanol–water partition coefficient (Wildman–Crippen LogP) is 0.563. The number of alkyl halides is 5. The number of methoxy groups -OCH3 is 1. The second kappa shape index (κ2) is 4.43. The molecule has 0 bridgehead atoms. The SMILES string of the molecule is COC(=O)C(O)(CC(=O)O)C(F)(F)C(F)(F)F. The van der Waals surface area contributed by atoms with Crippen LogP contribution in [0.3, 0.4) is 0 Å². The van der Waals surface area contributed by atoms with Gasteiger partial charge in [-0.15, -0.1) is 0 Å². The van der Waals surface area contributed by atoms with E-state index in [2.05, 4.69) is 4.74 Å². The fourth-order valence-corrected chi connectivity index (χ4v) is 0.934. The summed E-state index contributed by atoms with van der Waals surface area (Å²) in [5, 5.41) is 17.1. The van der Waals surface area contributed by atoms with E-state index in [-0.39, 0.29) is 0 Å². The second-order valence-corrected chi connectivity index (χ2v) is 2.99. The highest BCUT2D eigenvalue weighted by Gasteiger charge is 2.74. The molecule has 1 atom stereocenters. The third-order valence-corrected chi connectivity index (χ3v) is 1.81. The van der Waals surface area contributed by atoms with Crippen molar-refractivity contribution in [3.63, 3.8) is 0 Å². The first kappa shape index (κ1) is 15.5. The molecule has 0 saturated carbocycles. The van der Waals surface area contributed by atoms with Gasteiger partial charge < -0.3 is 14.9 Å². The van der Waals surface area contributed by atoms with Crippen LogP contribution in [-0.2, 0) is 14.3 Å². The van der Waals surface area contributed by atoms with E-state index >= 15 is 0 Å². The molecule has 0 spiro atoms. The van der Waals surface area contributed by atoms with Crippen LogP contribution in [0.2, 0.25) is 0 Å². The van der Waals surface area contributed by atoms with Crippen molar-refractivity contribution in [2.75, 3.05) is 7.11 Å². The summed E-state index contributed by atoms with van der Waals surface area (Å²) in [5.41, 5.74) is -4.51. The maximum Gasteiger partial charge on any atom is 0.457 e. The number of aliphatic carboxylic acids is 1. The van der Waals surface area contributed by atoms with Gasteiger partial charge in [0.05, 0.1) is 13.5 Å². The summed E-state index contributed by atoms with van der Waals surface area (Å²) in [5.74, 6) is -10.6. The Balaban J connectivity index is 5.62. The number of ether oxygens (including phenoxy) is 1. The van der Waals surface area contributed by atoms with Crippen molar-refractivity contribution < 1.29 is 46.5 Å².